The molecule has 0 aliphatic rings. The van der Waals surface area contributed by atoms with Gasteiger partial charge in [-0.25, -0.2) is 4.98 Å². The van der Waals surface area contributed by atoms with Gasteiger partial charge in [0.25, 0.3) is 5.89 Å². The quantitative estimate of drug-likeness (QED) is 0.685. The van der Waals surface area contributed by atoms with Crippen LogP contribution in [0, 0.1) is 0 Å². The van der Waals surface area contributed by atoms with Gasteiger partial charge in [-0.2, -0.15) is 4.98 Å². The lowest BCUT2D eigenvalue weighted by Crippen LogP contribution is -1.89. The van der Waals surface area contributed by atoms with Gasteiger partial charge in [0.15, 0.2) is 0 Å². The van der Waals surface area contributed by atoms with Crippen LogP contribution < -0.4 is 5.73 Å². The van der Waals surface area contributed by atoms with E-state index in [9.17, 15) is 0 Å². The minimum Gasteiger partial charge on any atom is -0.398 e. The molecule has 0 saturated heterocycles. The molecule has 1 aromatic carbocycles. The van der Waals surface area contributed by atoms with E-state index in [4.69, 9.17) is 10.3 Å². The van der Waals surface area contributed by atoms with Crippen LogP contribution in [0.5, 0.6) is 0 Å². The van der Waals surface area contributed by atoms with Crippen molar-refractivity contribution in [3.63, 3.8) is 0 Å². The summed E-state index contributed by atoms with van der Waals surface area (Å²) in [7, 11) is 0. The van der Waals surface area contributed by atoms with E-state index in [-0.39, 0.29) is 0 Å². The highest BCUT2D eigenvalue weighted by Crippen LogP contribution is 2.25. The summed E-state index contributed by atoms with van der Waals surface area (Å²) in [4.78, 5) is 12.3. The first-order valence-corrected chi connectivity index (χ1v) is 5.29. The number of para-hydroxylation sites is 1. The predicted octanol–water partition coefficient (Wildman–Crippen LogP) is 1.78. The molecule has 18 heavy (non-hydrogen) atoms. The van der Waals surface area contributed by atoms with E-state index in [1.807, 2.05) is 18.2 Å². The van der Waals surface area contributed by atoms with Crippen LogP contribution in [-0.4, -0.2) is 20.1 Å². The fraction of sp³-hybridized carbons (Fsp3) is 0. The standard InChI is InChI=1S/C12H9N5O/c13-9-4-2-1-3-8(9)12-16-11(17-18-12)10-7-14-5-6-15-10/h1-7H,13H2. The lowest BCUT2D eigenvalue weighted by molar-refractivity contribution is 0.432. The summed E-state index contributed by atoms with van der Waals surface area (Å²) in [6, 6.07) is 7.31. The molecule has 2 N–H and O–H groups in total. The first kappa shape index (κ1) is 10.4. The molecule has 3 rings (SSSR count). The molecular formula is C12H9N5O. The normalized spacial score (nSPS) is 10.4. The molecule has 0 unspecified atom stereocenters. The number of aromatic nitrogens is 4. The average molecular weight is 239 g/mol. The third-order valence-corrected chi connectivity index (χ3v) is 2.41. The van der Waals surface area contributed by atoms with Crippen molar-refractivity contribution in [2.45, 2.75) is 0 Å². The molecule has 6 nitrogen and oxygen atoms in total. The van der Waals surface area contributed by atoms with Crippen LogP contribution in [0.4, 0.5) is 5.69 Å². The van der Waals surface area contributed by atoms with Crippen molar-refractivity contribution >= 4 is 5.69 Å². The van der Waals surface area contributed by atoms with Gasteiger partial charge in [-0.05, 0) is 12.1 Å². The van der Waals surface area contributed by atoms with Gasteiger partial charge in [-0.15, -0.1) is 0 Å². The van der Waals surface area contributed by atoms with Crippen molar-refractivity contribution in [3.8, 4) is 23.0 Å². The zero-order valence-corrected chi connectivity index (χ0v) is 9.32. The fourth-order valence-electron chi connectivity index (χ4n) is 1.54. The Morgan fingerprint density at radius 3 is 2.78 bits per heavy atom. The average Bonchev–Trinajstić information content (AvgIpc) is 2.90. The highest BCUT2D eigenvalue weighted by Gasteiger charge is 2.13. The third-order valence-electron chi connectivity index (χ3n) is 2.41. The second-order valence-corrected chi connectivity index (χ2v) is 3.60. The van der Waals surface area contributed by atoms with E-state index in [0.29, 0.717) is 28.7 Å². The predicted molar refractivity (Wildman–Crippen MR) is 65.2 cm³/mol. The summed E-state index contributed by atoms with van der Waals surface area (Å²) >= 11 is 0. The molecule has 0 atom stereocenters. The Kier molecular flexibility index (Phi) is 2.45. The number of nitrogen functional groups attached to an aromatic ring is 1. The zero-order valence-electron chi connectivity index (χ0n) is 9.32. The highest BCUT2D eigenvalue weighted by atomic mass is 16.5. The SMILES string of the molecule is Nc1ccccc1-c1nc(-c2cnccn2)no1. The van der Waals surface area contributed by atoms with E-state index < -0.39 is 0 Å². The summed E-state index contributed by atoms with van der Waals surface area (Å²) in [6.07, 6.45) is 4.73. The van der Waals surface area contributed by atoms with Crippen LogP contribution in [0.15, 0.2) is 47.4 Å². The van der Waals surface area contributed by atoms with Gasteiger partial charge >= 0.3 is 0 Å². The molecule has 0 radical (unpaired) electrons. The van der Waals surface area contributed by atoms with Crippen molar-refractivity contribution in [2.24, 2.45) is 0 Å². The first-order valence-electron chi connectivity index (χ1n) is 5.29. The molecule has 0 spiro atoms. The van der Waals surface area contributed by atoms with Gasteiger partial charge < -0.3 is 10.3 Å². The second kappa shape index (κ2) is 4.25. The maximum Gasteiger partial charge on any atom is 0.260 e. The van der Waals surface area contributed by atoms with Crippen LogP contribution in [0.3, 0.4) is 0 Å². The van der Waals surface area contributed by atoms with Crippen LogP contribution in [0.2, 0.25) is 0 Å². The molecule has 0 saturated carbocycles. The number of hydrogen-bond acceptors (Lipinski definition) is 6. The topological polar surface area (TPSA) is 90.7 Å². The Hall–Kier alpha value is -2.76. The third kappa shape index (κ3) is 1.80. The lowest BCUT2D eigenvalue weighted by Gasteiger charge is -1.97. The Balaban J connectivity index is 2.03. The summed E-state index contributed by atoms with van der Waals surface area (Å²) in [5.41, 5.74) is 7.70. The van der Waals surface area contributed by atoms with E-state index >= 15 is 0 Å². The number of nitrogens with zero attached hydrogens (tertiary/aromatic N) is 4. The molecular weight excluding hydrogens is 230 g/mol. The molecule has 2 aromatic heterocycles. The molecule has 88 valence electrons. The second-order valence-electron chi connectivity index (χ2n) is 3.60. The van der Waals surface area contributed by atoms with Gasteiger partial charge in [-0.1, -0.05) is 17.3 Å². The van der Waals surface area contributed by atoms with Crippen LogP contribution in [0.25, 0.3) is 23.0 Å². The van der Waals surface area contributed by atoms with Crippen molar-refractivity contribution in [1.82, 2.24) is 20.1 Å². The summed E-state index contributed by atoms with van der Waals surface area (Å²) in [5.74, 6) is 0.759. The Morgan fingerprint density at radius 2 is 2.00 bits per heavy atom. The van der Waals surface area contributed by atoms with Gasteiger partial charge in [-0.3, -0.25) is 4.98 Å². The smallest absolute Gasteiger partial charge is 0.260 e. The number of nitrogens with two attached hydrogens (primary N) is 1. The molecule has 0 bridgehead atoms. The maximum atomic E-state index is 5.84. The lowest BCUT2D eigenvalue weighted by atomic mass is 10.2. The molecule has 0 fully saturated rings. The van der Waals surface area contributed by atoms with Crippen molar-refractivity contribution < 1.29 is 4.52 Å². The van der Waals surface area contributed by atoms with Gasteiger partial charge in [0, 0.05) is 18.1 Å². The van der Waals surface area contributed by atoms with E-state index in [0.717, 1.165) is 0 Å². The molecule has 3 aromatic rings. The molecule has 0 aliphatic carbocycles. The highest BCUT2D eigenvalue weighted by molar-refractivity contribution is 5.70. The van der Waals surface area contributed by atoms with Gasteiger partial charge in [0.05, 0.1) is 11.8 Å². The van der Waals surface area contributed by atoms with Crippen molar-refractivity contribution in [2.75, 3.05) is 5.73 Å². The van der Waals surface area contributed by atoms with Crippen molar-refractivity contribution in [3.05, 3.63) is 42.9 Å². The van der Waals surface area contributed by atoms with Crippen LogP contribution in [-0.2, 0) is 0 Å². The van der Waals surface area contributed by atoms with Crippen molar-refractivity contribution in [1.29, 1.82) is 0 Å². The Labute approximate surface area is 103 Å². The summed E-state index contributed by atoms with van der Waals surface area (Å²) in [5, 5.41) is 3.86. The van der Waals surface area contributed by atoms with E-state index in [1.165, 1.54) is 0 Å². The first-order chi connectivity index (χ1) is 8.84. The monoisotopic (exact) mass is 239 g/mol. The fourth-order valence-corrected chi connectivity index (χ4v) is 1.54. The zero-order chi connectivity index (χ0) is 12.4. The number of hydrogen-bond donors (Lipinski definition) is 1. The minimum atomic E-state index is 0.369. The number of benzene rings is 1. The van der Waals surface area contributed by atoms with E-state index in [2.05, 4.69) is 20.1 Å². The largest absolute Gasteiger partial charge is 0.398 e. The summed E-state index contributed by atoms with van der Waals surface area (Å²) in [6.45, 7) is 0. The Morgan fingerprint density at radius 1 is 1.11 bits per heavy atom. The van der Waals surface area contributed by atoms with Gasteiger partial charge in [0.2, 0.25) is 5.82 Å². The Bertz CT molecular complexity index is 665. The maximum absolute atomic E-state index is 5.84. The van der Waals surface area contributed by atoms with E-state index in [1.54, 1.807) is 24.7 Å². The molecule has 6 heteroatoms. The summed E-state index contributed by atoms with van der Waals surface area (Å²) < 4.78 is 5.18. The molecule has 0 aliphatic heterocycles. The van der Waals surface area contributed by atoms with Crippen LogP contribution >= 0.6 is 0 Å². The minimum absolute atomic E-state index is 0.369. The number of anilines is 1. The molecule has 0 amide bonds. The van der Waals surface area contributed by atoms with Gasteiger partial charge in [0.1, 0.15) is 5.69 Å². The van der Waals surface area contributed by atoms with Crippen LogP contribution in [0.1, 0.15) is 0 Å². The number of rotatable bonds is 2. The molecule has 2 heterocycles.